The fourth-order valence-electron chi connectivity index (χ4n) is 1.60. The molecule has 0 radical (unpaired) electrons. The molecule has 0 aliphatic rings. The lowest BCUT2D eigenvalue weighted by molar-refractivity contribution is 0.101. The van der Waals surface area contributed by atoms with Crippen molar-refractivity contribution < 1.29 is 4.79 Å². The molecule has 0 aromatic carbocycles. The first-order valence-electron chi connectivity index (χ1n) is 4.76. The molecule has 0 spiro atoms. The minimum atomic E-state index is -0.00759. The van der Waals surface area contributed by atoms with Crippen LogP contribution in [0.4, 0.5) is 5.95 Å². The van der Waals surface area contributed by atoms with Crippen LogP contribution in [0.3, 0.4) is 0 Å². The zero-order chi connectivity index (χ0) is 11.0. The van der Waals surface area contributed by atoms with Gasteiger partial charge in [-0.3, -0.25) is 9.20 Å². The van der Waals surface area contributed by atoms with Gasteiger partial charge >= 0.3 is 0 Å². The highest BCUT2D eigenvalue weighted by molar-refractivity contribution is 5.99. The lowest BCUT2D eigenvalue weighted by Gasteiger charge is -2.09. The molecule has 0 aliphatic heterocycles. The molecule has 2 aromatic rings. The van der Waals surface area contributed by atoms with Crippen LogP contribution in [0.5, 0.6) is 0 Å². The van der Waals surface area contributed by atoms with Crippen LogP contribution in [0, 0.1) is 0 Å². The van der Waals surface area contributed by atoms with E-state index in [4.69, 9.17) is 0 Å². The molecule has 4 heteroatoms. The molecule has 0 unspecified atom stereocenters. The Bertz CT molecular complexity index is 514. The van der Waals surface area contributed by atoms with Crippen molar-refractivity contribution in [3.63, 3.8) is 0 Å². The SMILES string of the molecule is CC(=O)c1nc(N(C)C)n2ccccc12. The zero-order valence-corrected chi connectivity index (χ0v) is 9.06. The maximum Gasteiger partial charge on any atom is 0.210 e. The number of carbonyl (C=O) groups is 1. The summed E-state index contributed by atoms with van der Waals surface area (Å²) in [4.78, 5) is 17.6. The van der Waals surface area contributed by atoms with Gasteiger partial charge in [-0.2, -0.15) is 0 Å². The van der Waals surface area contributed by atoms with Gasteiger partial charge < -0.3 is 4.90 Å². The molecule has 2 heterocycles. The van der Waals surface area contributed by atoms with Crippen molar-refractivity contribution in [2.45, 2.75) is 6.92 Å². The highest BCUT2D eigenvalue weighted by atomic mass is 16.1. The molecule has 0 N–H and O–H groups in total. The second kappa shape index (κ2) is 3.38. The number of fused-ring (bicyclic) bond motifs is 1. The first-order valence-corrected chi connectivity index (χ1v) is 4.76. The van der Waals surface area contributed by atoms with Crippen molar-refractivity contribution in [3.05, 3.63) is 30.1 Å². The topological polar surface area (TPSA) is 37.6 Å². The summed E-state index contributed by atoms with van der Waals surface area (Å²) < 4.78 is 1.91. The number of carbonyl (C=O) groups excluding carboxylic acids is 1. The number of rotatable bonds is 2. The molecule has 0 aliphatic carbocycles. The molecule has 2 aromatic heterocycles. The van der Waals surface area contributed by atoms with Crippen LogP contribution in [0.2, 0.25) is 0 Å². The number of hydrogen-bond donors (Lipinski definition) is 0. The number of anilines is 1. The molecule has 15 heavy (non-hydrogen) atoms. The first kappa shape index (κ1) is 9.71. The molecule has 78 valence electrons. The number of hydrogen-bond acceptors (Lipinski definition) is 3. The van der Waals surface area contributed by atoms with E-state index in [1.54, 1.807) is 0 Å². The fraction of sp³-hybridized carbons (Fsp3) is 0.273. The highest BCUT2D eigenvalue weighted by Gasteiger charge is 2.14. The van der Waals surface area contributed by atoms with E-state index in [0.29, 0.717) is 5.69 Å². The number of ketones is 1. The van der Waals surface area contributed by atoms with Crippen molar-refractivity contribution in [1.29, 1.82) is 0 Å². The molecular formula is C11H13N3O. The van der Waals surface area contributed by atoms with Gasteiger partial charge in [-0.1, -0.05) is 6.07 Å². The third-order valence-corrected chi connectivity index (χ3v) is 2.26. The Hall–Kier alpha value is -1.84. The van der Waals surface area contributed by atoms with Gasteiger partial charge in [0.1, 0.15) is 5.69 Å². The predicted octanol–water partition coefficient (Wildman–Crippen LogP) is 1.60. The van der Waals surface area contributed by atoms with Crippen molar-refractivity contribution in [2.75, 3.05) is 19.0 Å². The van der Waals surface area contributed by atoms with Gasteiger partial charge in [0.2, 0.25) is 5.95 Å². The van der Waals surface area contributed by atoms with Crippen LogP contribution in [0.25, 0.3) is 5.52 Å². The Kier molecular flexibility index (Phi) is 2.19. The molecule has 0 atom stereocenters. The number of aromatic nitrogens is 2. The van der Waals surface area contributed by atoms with E-state index >= 15 is 0 Å². The van der Waals surface area contributed by atoms with Gasteiger partial charge in [-0.25, -0.2) is 4.98 Å². The maximum absolute atomic E-state index is 11.4. The summed E-state index contributed by atoms with van der Waals surface area (Å²) in [6.07, 6.45) is 1.91. The Morgan fingerprint density at radius 1 is 1.40 bits per heavy atom. The van der Waals surface area contributed by atoms with E-state index in [-0.39, 0.29) is 5.78 Å². The summed E-state index contributed by atoms with van der Waals surface area (Å²) in [5.41, 5.74) is 1.38. The van der Waals surface area contributed by atoms with Gasteiger partial charge in [0, 0.05) is 27.2 Å². The third kappa shape index (κ3) is 1.48. The van der Waals surface area contributed by atoms with E-state index in [2.05, 4.69) is 4.98 Å². The van der Waals surface area contributed by atoms with Crippen LogP contribution < -0.4 is 4.90 Å². The summed E-state index contributed by atoms with van der Waals surface area (Å²) in [6, 6.07) is 5.73. The summed E-state index contributed by atoms with van der Waals surface area (Å²) in [6.45, 7) is 1.54. The van der Waals surface area contributed by atoms with Crippen molar-refractivity contribution in [1.82, 2.24) is 9.38 Å². The molecule has 0 bridgehead atoms. The van der Waals surface area contributed by atoms with Crippen molar-refractivity contribution in [2.24, 2.45) is 0 Å². The van der Waals surface area contributed by atoms with E-state index in [1.807, 2.05) is 47.8 Å². The Morgan fingerprint density at radius 3 is 2.73 bits per heavy atom. The quantitative estimate of drug-likeness (QED) is 0.696. The number of imidazole rings is 1. The molecule has 0 fully saturated rings. The molecule has 0 saturated heterocycles. The smallest absolute Gasteiger partial charge is 0.210 e. The van der Waals surface area contributed by atoms with Crippen LogP contribution in [-0.4, -0.2) is 29.3 Å². The predicted molar refractivity (Wildman–Crippen MR) is 59.5 cm³/mol. The van der Waals surface area contributed by atoms with Crippen molar-refractivity contribution in [3.8, 4) is 0 Å². The van der Waals surface area contributed by atoms with Crippen molar-refractivity contribution >= 4 is 17.2 Å². The fourth-order valence-corrected chi connectivity index (χ4v) is 1.60. The lowest BCUT2D eigenvalue weighted by Crippen LogP contribution is -2.12. The normalized spacial score (nSPS) is 10.6. The monoisotopic (exact) mass is 203 g/mol. The maximum atomic E-state index is 11.4. The highest BCUT2D eigenvalue weighted by Crippen LogP contribution is 2.18. The summed E-state index contributed by atoms with van der Waals surface area (Å²) >= 11 is 0. The average molecular weight is 203 g/mol. The largest absolute Gasteiger partial charge is 0.348 e. The van der Waals surface area contributed by atoms with Gasteiger partial charge in [-0.05, 0) is 12.1 Å². The summed E-state index contributed by atoms with van der Waals surface area (Å²) in [5, 5.41) is 0. The third-order valence-electron chi connectivity index (χ3n) is 2.26. The van der Waals surface area contributed by atoms with E-state index in [9.17, 15) is 4.79 Å². The van der Waals surface area contributed by atoms with E-state index in [1.165, 1.54) is 6.92 Å². The van der Waals surface area contributed by atoms with Gasteiger partial charge in [0.25, 0.3) is 0 Å². The van der Waals surface area contributed by atoms with Crippen LogP contribution >= 0.6 is 0 Å². The number of nitrogens with zero attached hydrogens (tertiary/aromatic N) is 3. The van der Waals surface area contributed by atoms with E-state index in [0.717, 1.165) is 11.5 Å². The zero-order valence-electron chi connectivity index (χ0n) is 9.06. The molecule has 4 nitrogen and oxygen atoms in total. The first-order chi connectivity index (χ1) is 7.11. The summed E-state index contributed by atoms with van der Waals surface area (Å²) in [5.74, 6) is 0.766. The van der Waals surface area contributed by atoms with Gasteiger partial charge in [0.05, 0.1) is 5.52 Å². The van der Waals surface area contributed by atoms with Crippen LogP contribution in [0.15, 0.2) is 24.4 Å². The Labute approximate surface area is 88.2 Å². The van der Waals surface area contributed by atoms with Crippen LogP contribution in [-0.2, 0) is 0 Å². The standard InChI is InChI=1S/C11H13N3O/c1-8(15)10-9-6-4-5-7-14(9)11(12-10)13(2)3/h4-7H,1-3H3. The lowest BCUT2D eigenvalue weighted by atomic mass is 10.2. The van der Waals surface area contributed by atoms with Gasteiger partial charge in [-0.15, -0.1) is 0 Å². The molecule has 2 rings (SSSR count). The number of Topliss-reactive ketones (excluding diaryl/α,β-unsaturated/α-hetero) is 1. The number of pyridine rings is 1. The average Bonchev–Trinajstić information content (AvgIpc) is 2.56. The van der Waals surface area contributed by atoms with Gasteiger partial charge in [0.15, 0.2) is 5.78 Å². The second-order valence-corrected chi connectivity index (χ2v) is 3.67. The molecule has 0 amide bonds. The minimum absolute atomic E-state index is 0.00759. The minimum Gasteiger partial charge on any atom is -0.348 e. The van der Waals surface area contributed by atoms with E-state index < -0.39 is 0 Å². The Morgan fingerprint density at radius 2 is 2.13 bits per heavy atom. The Balaban J connectivity index is 2.79. The second-order valence-electron chi connectivity index (χ2n) is 3.67. The molecule has 0 saturated carbocycles. The van der Waals surface area contributed by atoms with Crippen LogP contribution in [0.1, 0.15) is 17.4 Å². The summed E-state index contributed by atoms with van der Waals surface area (Å²) in [7, 11) is 3.82. The molecular weight excluding hydrogens is 190 g/mol.